The Morgan fingerprint density at radius 2 is 2.26 bits per heavy atom. The van der Waals surface area contributed by atoms with Crippen molar-refractivity contribution in [3.63, 3.8) is 0 Å². The fraction of sp³-hybridized carbons (Fsp3) is 0.389. The molecule has 0 radical (unpaired) electrons. The number of nitrogens with two attached hydrogens (primary N) is 1. The molecule has 1 aromatic carbocycles. The van der Waals surface area contributed by atoms with E-state index in [1.807, 2.05) is 12.1 Å². The molecule has 0 amide bonds. The summed E-state index contributed by atoms with van der Waals surface area (Å²) in [6.45, 7) is 5.55. The second-order valence-electron chi connectivity index (χ2n) is 6.21. The van der Waals surface area contributed by atoms with Gasteiger partial charge in [-0.25, -0.2) is 4.98 Å². The molecular formula is C18H22N4S. The number of hydrogen-bond acceptors (Lipinski definition) is 5. The second-order valence-corrected chi connectivity index (χ2v) is 7.12. The van der Waals surface area contributed by atoms with Crippen LogP contribution in [0.2, 0.25) is 0 Å². The van der Waals surface area contributed by atoms with E-state index in [4.69, 9.17) is 10.7 Å². The first kappa shape index (κ1) is 14.7. The quantitative estimate of drug-likeness (QED) is 0.713. The molecule has 0 aliphatic carbocycles. The number of likely N-dealkylation sites (N-methyl/N-ethyl adjacent to an activating group) is 1. The molecular weight excluding hydrogens is 304 g/mol. The van der Waals surface area contributed by atoms with Gasteiger partial charge in [0, 0.05) is 29.0 Å². The van der Waals surface area contributed by atoms with Crippen LogP contribution in [0.4, 0.5) is 11.5 Å². The van der Waals surface area contributed by atoms with Gasteiger partial charge in [0.1, 0.15) is 5.82 Å². The lowest BCUT2D eigenvalue weighted by atomic mass is 10.1. The number of benzene rings is 1. The highest BCUT2D eigenvalue weighted by molar-refractivity contribution is 7.18. The molecule has 1 aliphatic rings. The number of fused-ring (bicyclic) bond motifs is 3. The Kier molecular flexibility index (Phi) is 3.83. The number of pyridine rings is 1. The lowest BCUT2D eigenvalue weighted by Crippen LogP contribution is -2.34. The van der Waals surface area contributed by atoms with Gasteiger partial charge >= 0.3 is 0 Å². The fourth-order valence-corrected chi connectivity index (χ4v) is 4.50. The van der Waals surface area contributed by atoms with Gasteiger partial charge in [-0.05, 0) is 49.5 Å². The topological polar surface area (TPSA) is 54.2 Å². The minimum absolute atomic E-state index is 0.619. The highest BCUT2D eigenvalue weighted by atomic mass is 32.1. The van der Waals surface area contributed by atoms with Crippen LogP contribution >= 0.6 is 11.3 Å². The van der Waals surface area contributed by atoms with Gasteiger partial charge in [-0.1, -0.05) is 13.0 Å². The van der Waals surface area contributed by atoms with Crippen LogP contribution in [0.25, 0.3) is 21.0 Å². The van der Waals surface area contributed by atoms with Crippen molar-refractivity contribution in [1.82, 2.24) is 9.88 Å². The Morgan fingerprint density at radius 3 is 3.13 bits per heavy atom. The maximum atomic E-state index is 5.94. The van der Waals surface area contributed by atoms with Crippen molar-refractivity contribution < 1.29 is 0 Å². The van der Waals surface area contributed by atoms with E-state index in [1.54, 1.807) is 11.3 Å². The van der Waals surface area contributed by atoms with Crippen LogP contribution in [-0.2, 0) is 0 Å². The largest absolute Gasteiger partial charge is 0.399 e. The number of anilines is 2. The third-order valence-electron chi connectivity index (χ3n) is 4.83. The molecule has 1 aliphatic heterocycles. The molecule has 1 fully saturated rings. The summed E-state index contributed by atoms with van der Waals surface area (Å²) in [4.78, 5) is 7.40. The monoisotopic (exact) mass is 326 g/mol. The van der Waals surface area contributed by atoms with Crippen molar-refractivity contribution in [3.8, 4) is 0 Å². The predicted octanol–water partition coefficient (Wildman–Crippen LogP) is 3.93. The number of nitrogens with zero attached hydrogens (tertiary/aromatic N) is 2. The zero-order valence-corrected chi connectivity index (χ0v) is 14.2. The van der Waals surface area contributed by atoms with Crippen molar-refractivity contribution in [1.29, 1.82) is 0 Å². The average Bonchev–Trinajstić information content (AvgIpc) is 3.21. The number of hydrogen-bond donors (Lipinski definition) is 2. The number of rotatable bonds is 4. The summed E-state index contributed by atoms with van der Waals surface area (Å²) in [5.41, 5.74) is 7.67. The summed E-state index contributed by atoms with van der Waals surface area (Å²) in [6, 6.07) is 8.79. The maximum absolute atomic E-state index is 5.94. The van der Waals surface area contributed by atoms with Gasteiger partial charge in [0.25, 0.3) is 0 Å². The highest BCUT2D eigenvalue weighted by Crippen LogP contribution is 2.34. The van der Waals surface area contributed by atoms with E-state index in [0.717, 1.165) is 30.1 Å². The van der Waals surface area contributed by atoms with Crippen LogP contribution in [0.1, 0.15) is 19.8 Å². The number of aromatic nitrogens is 1. The number of likely N-dealkylation sites (tertiary alicyclic amines) is 1. The van der Waals surface area contributed by atoms with Crippen molar-refractivity contribution in [2.75, 3.05) is 30.7 Å². The molecule has 2 aromatic heterocycles. The molecule has 1 saturated heterocycles. The smallest absolute Gasteiger partial charge is 0.144 e. The summed E-state index contributed by atoms with van der Waals surface area (Å²) in [7, 11) is 0. The Bertz CT molecular complexity index is 842. The van der Waals surface area contributed by atoms with Crippen molar-refractivity contribution in [2.45, 2.75) is 25.8 Å². The van der Waals surface area contributed by atoms with E-state index in [0.29, 0.717) is 6.04 Å². The zero-order chi connectivity index (χ0) is 15.8. The first-order valence-electron chi connectivity index (χ1n) is 8.30. The van der Waals surface area contributed by atoms with E-state index >= 15 is 0 Å². The molecule has 1 unspecified atom stereocenters. The van der Waals surface area contributed by atoms with Gasteiger partial charge in [0.2, 0.25) is 0 Å². The molecule has 1 atom stereocenters. The van der Waals surface area contributed by atoms with E-state index in [1.165, 1.54) is 34.9 Å². The highest BCUT2D eigenvalue weighted by Gasteiger charge is 2.23. The third-order valence-corrected chi connectivity index (χ3v) is 5.76. The molecule has 0 spiro atoms. The number of thiophene rings is 1. The molecule has 4 rings (SSSR count). The summed E-state index contributed by atoms with van der Waals surface area (Å²) in [5.74, 6) is 0.996. The molecule has 0 bridgehead atoms. The van der Waals surface area contributed by atoms with Crippen LogP contribution in [0, 0.1) is 0 Å². The van der Waals surface area contributed by atoms with Crippen LogP contribution in [0.3, 0.4) is 0 Å². The first-order valence-corrected chi connectivity index (χ1v) is 9.18. The maximum Gasteiger partial charge on any atom is 0.144 e. The van der Waals surface area contributed by atoms with Gasteiger partial charge < -0.3 is 11.1 Å². The van der Waals surface area contributed by atoms with Crippen LogP contribution < -0.4 is 11.1 Å². The Labute approximate surface area is 140 Å². The first-order chi connectivity index (χ1) is 11.3. The predicted molar refractivity (Wildman–Crippen MR) is 100 cm³/mol. The summed E-state index contributed by atoms with van der Waals surface area (Å²) in [6.07, 6.45) is 2.57. The second kappa shape index (κ2) is 5.98. The summed E-state index contributed by atoms with van der Waals surface area (Å²) >= 11 is 1.75. The molecule has 23 heavy (non-hydrogen) atoms. The van der Waals surface area contributed by atoms with Gasteiger partial charge in [-0.3, -0.25) is 4.90 Å². The van der Waals surface area contributed by atoms with Crippen molar-refractivity contribution in [2.24, 2.45) is 0 Å². The SMILES string of the molecule is CCN1CCCC1CNc1nc2cc(N)ccc2c2ccsc12. The van der Waals surface area contributed by atoms with Crippen LogP contribution in [0.5, 0.6) is 0 Å². The van der Waals surface area contributed by atoms with Gasteiger partial charge in [0.15, 0.2) is 0 Å². The van der Waals surface area contributed by atoms with E-state index in [2.05, 4.69) is 34.7 Å². The Morgan fingerprint density at radius 1 is 1.35 bits per heavy atom. The van der Waals surface area contributed by atoms with Crippen molar-refractivity contribution in [3.05, 3.63) is 29.6 Å². The minimum atomic E-state index is 0.619. The molecule has 3 heterocycles. The normalized spacial score (nSPS) is 18.9. The summed E-state index contributed by atoms with van der Waals surface area (Å²) in [5, 5.41) is 8.19. The summed E-state index contributed by atoms with van der Waals surface area (Å²) < 4.78 is 1.24. The molecule has 5 heteroatoms. The fourth-order valence-electron chi connectivity index (χ4n) is 3.62. The average molecular weight is 326 g/mol. The van der Waals surface area contributed by atoms with Gasteiger partial charge in [-0.15, -0.1) is 11.3 Å². The standard InChI is InChI=1S/C18H22N4S/c1-2-22-8-3-4-13(22)11-20-18-17-15(7-9-23-17)14-6-5-12(19)10-16(14)21-18/h5-7,9-10,13H,2-4,8,11,19H2,1H3,(H,20,21). The lowest BCUT2D eigenvalue weighted by Gasteiger charge is -2.23. The molecule has 4 nitrogen and oxygen atoms in total. The van der Waals surface area contributed by atoms with Crippen molar-refractivity contribution >= 4 is 43.8 Å². The van der Waals surface area contributed by atoms with E-state index in [9.17, 15) is 0 Å². The molecule has 0 saturated carbocycles. The number of nitrogen functional groups attached to an aromatic ring is 1. The number of nitrogens with one attached hydrogen (secondary N) is 1. The lowest BCUT2D eigenvalue weighted by molar-refractivity contribution is 0.277. The van der Waals surface area contributed by atoms with Crippen LogP contribution in [0.15, 0.2) is 29.6 Å². The minimum Gasteiger partial charge on any atom is -0.399 e. The third kappa shape index (κ3) is 2.64. The zero-order valence-electron chi connectivity index (χ0n) is 13.4. The van der Waals surface area contributed by atoms with E-state index in [-0.39, 0.29) is 0 Å². The Hall–Kier alpha value is -1.85. The molecule has 3 N–H and O–H groups in total. The Balaban J connectivity index is 1.69. The molecule has 120 valence electrons. The van der Waals surface area contributed by atoms with E-state index < -0.39 is 0 Å². The van der Waals surface area contributed by atoms with Crippen LogP contribution in [-0.4, -0.2) is 35.6 Å². The van der Waals surface area contributed by atoms with Gasteiger partial charge in [-0.2, -0.15) is 0 Å². The molecule has 3 aromatic rings. The van der Waals surface area contributed by atoms with Gasteiger partial charge in [0.05, 0.1) is 10.2 Å².